The van der Waals surface area contributed by atoms with Crippen LogP contribution in [0.5, 0.6) is 0 Å². The van der Waals surface area contributed by atoms with Crippen LogP contribution in [0.15, 0.2) is 54.6 Å². The topological polar surface area (TPSA) is 83.0 Å². The van der Waals surface area contributed by atoms with E-state index in [1.807, 2.05) is 54.6 Å². The third kappa shape index (κ3) is 4.63. The van der Waals surface area contributed by atoms with Crippen molar-refractivity contribution in [2.24, 2.45) is 0 Å². The fourth-order valence-electron chi connectivity index (χ4n) is 4.15. The minimum atomic E-state index is -3.45. The van der Waals surface area contributed by atoms with E-state index in [9.17, 15) is 13.2 Å². The number of piperazine rings is 1. The molecule has 0 spiro atoms. The highest BCUT2D eigenvalue weighted by atomic mass is 32.2. The van der Waals surface area contributed by atoms with Crippen LogP contribution in [-0.2, 0) is 21.5 Å². The number of hydrogen-bond acceptors (Lipinski definition) is 6. The van der Waals surface area contributed by atoms with E-state index in [0.717, 1.165) is 27.7 Å². The van der Waals surface area contributed by atoms with Gasteiger partial charge in [-0.25, -0.2) is 9.78 Å². The van der Waals surface area contributed by atoms with Crippen molar-refractivity contribution in [1.82, 2.24) is 18.5 Å². The molecule has 33 heavy (non-hydrogen) atoms. The van der Waals surface area contributed by atoms with Crippen molar-refractivity contribution < 1.29 is 17.9 Å². The summed E-state index contributed by atoms with van der Waals surface area (Å²) in [6.45, 7) is 2.33. The van der Waals surface area contributed by atoms with Gasteiger partial charge in [0.1, 0.15) is 0 Å². The molecule has 2 heterocycles. The van der Waals surface area contributed by atoms with Crippen molar-refractivity contribution in [3.8, 4) is 11.3 Å². The minimum Gasteiger partial charge on any atom is -0.465 e. The fourth-order valence-corrected chi connectivity index (χ4v) is 5.23. The van der Waals surface area contributed by atoms with Gasteiger partial charge in [-0.3, -0.25) is 4.90 Å². The number of benzene rings is 2. The maximum atomic E-state index is 13.0. The Hall–Kier alpha value is -2.85. The number of esters is 1. The lowest BCUT2D eigenvalue weighted by Crippen LogP contribution is -2.51. The summed E-state index contributed by atoms with van der Waals surface area (Å²) in [5, 5.41) is 0.743. The molecule has 0 saturated carbocycles. The predicted molar refractivity (Wildman–Crippen MR) is 128 cm³/mol. The van der Waals surface area contributed by atoms with Crippen LogP contribution < -0.4 is 0 Å². The summed E-state index contributed by atoms with van der Waals surface area (Å²) >= 11 is 0. The molecular weight excluding hydrogens is 440 g/mol. The van der Waals surface area contributed by atoms with Gasteiger partial charge in [0.2, 0.25) is 0 Å². The maximum Gasteiger partial charge on any atom is 0.338 e. The molecule has 9 heteroatoms. The molecule has 8 nitrogen and oxygen atoms in total. The van der Waals surface area contributed by atoms with Crippen molar-refractivity contribution in [3.05, 3.63) is 65.7 Å². The van der Waals surface area contributed by atoms with E-state index in [-0.39, 0.29) is 0 Å². The highest BCUT2D eigenvalue weighted by Gasteiger charge is 2.30. The Kier molecular flexibility index (Phi) is 6.76. The van der Waals surface area contributed by atoms with Crippen molar-refractivity contribution in [3.63, 3.8) is 0 Å². The van der Waals surface area contributed by atoms with Crippen molar-refractivity contribution in [2.45, 2.75) is 6.54 Å². The number of methoxy groups -OCH3 is 1. The third-order valence-corrected chi connectivity index (χ3v) is 7.87. The van der Waals surface area contributed by atoms with Crippen LogP contribution in [0.25, 0.3) is 22.2 Å². The lowest BCUT2D eigenvalue weighted by molar-refractivity contribution is 0.0600. The normalized spacial score (nSPS) is 15.8. The van der Waals surface area contributed by atoms with E-state index < -0.39 is 16.2 Å². The Bertz CT molecular complexity index is 1250. The Morgan fingerprint density at radius 3 is 2.27 bits per heavy atom. The van der Waals surface area contributed by atoms with Crippen molar-refractivity contribution >= 4 is 27.1 Å². The second kappa shape index (κ2) is 9.56. The molecule has 0 aliphatic carbocycles. The van der Waals surface area contributed by atoms with Gasteiger partial charge < -0.3 is 4.74 Å². The zero-order valence-electron chi connectivity index (χ0n) is 19.1. The second-order valence-corrected chi connectivity index (χ2v) is 10.3. The Balaban J connectivity index is 1.76. The Labute approximate surface area is 194 Å². The number of nitrogens with zero attached hydrogens (tertiary/aromatic N) is 4. The molecule has 1 aromatic heterocycles. The van der Waals surface area contributed by atoms with Crippen LogP contribution >= 0.6 is 0 Å². The molecule has 1 aliphatic heterocycles. The van der Waals surface area contributed by atoms with Crippen LogP contribution in [0.3, 0.4) is 0 Å². The van der Waals surface area contributed by atoms with Gasteiger partial charge >= 0.3 is 5.97 Å². The molecule has 174 valence electrons. The summed E-state index contributed by atoms with van der Waals surface area (Å²) in [5.74, 6) is -0.408. The SMILES string of the molecule is COC(=O)c1c(CN2CCN(S(=O)(=O)N(C)C)CC2)c(-c2ccccc2)nc2ccccc12. The van der Waals surface area contributed by atoms with Gasteiger partial charge in [0.15, 0.2) is 0 Å². The van der Waals surface area contributed by atoms with Gasteiger partial charge in [0.05, 0.1) is 23.9 Å². The summed E-state index contributed by atoms with van der Waals surface area (Å²) in [7, 11) is 1.01. The van der Waals surface area contributed by atoms with Gasteiger partial charge in [0, 0.05) is 63.3 Å². The number of carbonyl (C=O) groups is 1. The summed E-state index contributed by atoms with van der Waals surface area (Å²) < 4.78 is 32.9. The van der Waals surface area contributed by atoms with Gasteiger partial charge in [0.25, 0.3) is 10.2 Å². The molecule has 0 N–H and O–H groups in total. The zero-order chi connectivity index (χ0) is 23.6. The van der Waals surface area contributed by atoms with Gasteiger partial charge in [-0.15, -0.1) is 0 Å². The molecule has 2 aromatic carbocycles. The molecule has 0 bridgehead atoms. The lowest BCUT2D eigenvalue weighted by Gasteiger charge is -2.35. The number of ether oxygens (including phenoxy) is 1. The van der Waals surface area contributed by atoms with Crippen molar-refractivity contribution in [2.75, 3.05) is 47.4 Å². The highest BCUT2D eigenvalue weighted by molar-refractivity contribution is 7.86. The van der Waals surface area contributed by atoms with E-state index in [2.05, 4.69) is 4.90 Å². The predicted octanol–water partition coefficient (Wildman–Crippen LogP) is 2.61. The summed E-state index contributed by atoms with van der Waals surface area (Å²) in [6.07, 6.45) is 0. The monoisotopic (exact) mass is 468 g/mol. The standard InChI is InChI=1S/C24H28N4O4S/c1-26(2)33(30,31)28-15-13-27(14-16-28)17-20-22(24(29)32-3)19-11-7-8-12-21(19)25-23(20)18-9-5-4-6-10-18/h4-12H,13-17H2,1-3H3. The molecule has 0 unspecified atom stereocenters. The highest BCUT2D eigenvalue weighted by Crippen LogP contribution is 2.32. The van der Waals surface area contributed by atoms with Crippen molar-refractivity contribution in [1.29, 1.82) is 0 Å². The average Bonchev–Trinajstić information content (AvgIpc) is 2.84. The molecule has 0 radical (unpaired) electrons. The zero-order valence-corrected chi connectivity index (χ0v) is 19.9. The maximum absolute atomic E-state index is 13.0. The first kappa shape index (κ1) is 23.3. The first-order valence-electron chi connectivity index (χ1n) is 10.8. The number of pyridine rings is 1. The van der Waals surface area contributed by atoms with Crippen LogP contribution in [0.4, 0.5) is 0 Å². The molecule has 0 atom stereocenters. The minimum absolute atomic E-state index is 0.385. The molecule has 4 rings (SSSR count). The first-order valence-corrected chi connectivity index (χ1v) is 12.2. The number of hydrogen-bond donors (Lipinski definition) is 0. The van der Waals surface area contributed by atoms with Crippen LogP contribution in [-0.4, -0.2) is 80.3 Å². The smallest absolute Gasteiger partial charge is 0.338 e. The number of aromatic nitrogens is 1. The third-order valence-electron chi connectivity index (χ3n) is 5.93. The van der Waals surface area contributed by atoms with Gasteiger partial charge in [-0.1, -0.05) is 48.5 Å². The molecule has 1 saturated heterocycles. The van der Waals surface area contributed by atoms with Crippen LogP contribution in [0.2, 0.25) is 0 Å². The summed E-state index contributed by atoms with van der Waals surface area (Å²) in [5.41, 5.74) is 3.67. The van der Waals surface area contributed by atoms with E-state index >= 15 is 0 Å². The van der Waals surface area contributed by atoms with E-state index in [1.54, 1.807) is 0 Å². The quantitative estimate of drug-likeness (QED) is 0.517. The largest absolute Gasteiger partial charge is 0.465 e. The van der Waals surface area contributed by atoms with Gasteiger partial charge in [-0.2, -0.15) is 17.0 Å². The summed E-state index contributed by atoms with van der Waals surface area (Å²) in [4.78, 5) is 20.0. The molecule has 1 aliphatic rings. The van der Waals surface area contributed by atoms with Crippen LogP contribution in [0.1, 0.15) is 15.9 Å². The Morgan fingerprint density at radius 1 is 1.00 bits per heavy atom. The van der Waals surface area contributed by atoms with E-state index in [4.69, 9.17) is 9.72 Å². The number of fused-ring (bicyclic) bond motifs is 1. The molecular formula is C24H28N4O4S. The molecule has 0 amide bonds. The summed E-state index contributed by atoms with van der Waals surface area (Å²) in [6, 6.07) is 17.3. The van der Waals surface area contributed by atoms with E-state index in [0.29, 0.717) is 38.3 Å². The average molecular weight is 469 g/mol. The number of rotatable bonds is 6. The fraction of sp³-hybridized carbons (Fsp3) is 0.333. The first-order chi connectivity index (χ1) is 15.8. The Morgan fingerprint density at radius 2 is 1.64 bits per heavy atom. The lowest BCUT2D eigenvalue weighted by atomic mass is 9.96. The van der Waals surface area contributed by atoms with Gasteiger partial charge in [-0.05, 0) is 6.07 Å². The molecule has 3 aromatic rings. The second-order valence-electron chi connectivity index (χ2n) is 8.15. The number of carbonyl (C=O) groups excluding carboxylic acids is 1. The number of para-hydroxylation sites is 1. The van der Waals surface area contributed by atoms with E-state index in [1.165, 1.54) is 29.8 Å². The molecule has 1 fully saturated rings. The van der Waals surface area contributed by atoms with Crippen LogP contribution in [0, 0.1) is 0 Å².